The first-order valence-corrected chi connectivity index (χ1v) is 13.5. The van der Waals surface area contributed by atoms with E-state index in [4.69, 9.17) is 16.3 Å². The predicted octanol–water partition coefficient (Wildman–Crippen LogP) is 6.66. The fourth-order valence-corrected chi connectivity index (χ4v) is 7.12. The van der Waals surface area contributed by atoms with Gasteiger partial charge in [0.2, 0.25) is 0 Å². The van der Waals surface area contributed by atoms with Gasteiger partial charge in [-0.2, -0.15) is 0 Å². The summed E-state index contributed by atoms with van der Waals surface area (Å²) < 4.78 is 5.32. The van der Waals surface area contributed by atoms with E-state index in [1.165, 1.54) is 0 Å². The molecule has 7 rings (SSSR count). The Hall–Kier alpha value is -4.48. The van der Waals surface area contributed by atoms with E-state index in [2.05, 4.69) is 0 Å². The number of carbonyl (C=O) groups is 3. The van der Waals surface area contributed by atoms with Gasteiger partial charge in [-0.05, 0) is 53.6 Å². The van der Waals surface area contributed by atoms with E-state index in [9.17, 15) is 14.4 Å². The molecule has 0 amide bonds. The number of benzene rings is 4. The molecule has 2 aliphatic heterocycles. The highest BCUT2D eigenvalue weighted by molar-refractivity contribution is 6.33. The van der Waals surface area contributed by atoms with Gasteiger partial charge in [-0.15, -0.1) is 0 Å². The van der Waals surface area contributed by atoms with Gasteiger partial charge < -0.3 is 9.64 Å². The Kier molecular flexibility index (Phi) is 5.55. The first kappa shape index (κ1) is 24.6. The summed E-state index contributed by atoms with van der Waals surface area (Å²) in [6.07, 6.45) is 3.87. The van der Waals surface area contributed by atoms with Crippen LogP contribution in [0.5, 0.6) is 5.75 Å². The molecule has 2 heterocycles. The third kappa shape index (κ3) is 3.24. The maximum atomic E-state index is 14.6. The van der Waals surface area contributed by atoms with Crippen LogP contribution in [-0.4, -0.2) is 36.5 Å². The zero-order chi connectivity index (χ0) is 27.6. The zero-order valence-corrected chi connectivity index (χ0v) is 22.3. The molecular weight excluding hydrogens is 522 g/mol. The lowest BCUT2D eigenvalue weighted by molar-refractivity contribution is 0.0666. The second-order valence-corrected chi connectivity index (χ2v) is 10.8. The molecule has 0 aromatic heterocycles. The number of ketones is 3. The number of para-hydroxylation sites is 1. The number of nitrogens with zero attached hydrogens (tertiary/aromatic N) is 1. The van der Waals surface area contributed by atoms with E-state index >= 15 is 0 Å². The molecule has 1 saturated heterocycles. The molecular formula is C34H24ClNO4. The van der Waals surface area contributed by atoms with Crippen LogP contribution in [0.2, 0.25) is 5.02 Å². The number of hydrogen-bond donors (Lipinski definition) is 0. The van der Waals surface area contributed by atoms with Gasteiger partial charge in [-0.3, -0.25) is 14.4 Å². The molecule has 1 aliphatic carbocycles. The Morgan fingerprint density at radius 2 is 1.52 bits per heavy atom. The van der Waals surface area contributed by atoms with Crippen molar-refractivity contribution in [3.63, 3.8) is 0 Å². The number of rotatable bonds is 4. The second kappa shape index (κ2) is 9.04. The molecule has 0 saturated carbocycles. The number of anilines is 1. The van der Waals surface area contributed by atoms with E-state index in [1.807, 2.05) is 47.4 Å². The number of halogens is 1. The number of hydrogen-bond acceptors (Lipinski definition) is 5. The summed E-state index contributed by atoms with van der Waals surface area (Å²) in [7, 11) is 1.57. The van der Waals surface area contributed by atoms with Crippen LogP contribution in [-0.2, 0) is 0 Å². The predicted molar refractivity (Wildman–Crippen MR) is 155 cm³/mol. The lowest BCUT2D eigenvalue weighted by Gasteiger charge is -2.37. The molecule has 0 unspecified atom stereocenters. The minimum atomic E-state index is -1.55. The minimum absolute atomic E-state index is 0.184. The van der Waals surface area contributed by atoms with E-state index in [1.54, 1.807) is 73.8 Å². The SMILES string of the molecule is COc1ccc(C(=O)[C@H]2[C@H](c3cccc(Cl)c3)C3(C(=O)c4ccccc4C3=O)[C@@H]3C=Cc4ccccc4N32)cc1. The van der Waals surface area contributed by atoms with Crippen LogP contribution in [0.3, 0.4) is 0 Å². The van der Waals surface area contributed by atoms with Crippen LogP contribution in [0.4, 0.5) is 5.69 Å². The topological polar surface area (TPSA) is 63.7 Å². The van der Waals surface area contributed by atoms with Crippen molar-refractivity contribution in [3.8, 4) is 5.75 Å². The Morgan fingerprint density at radius 3 is 2.20 bits per heavy atom. The van der Waals surface area contributed by atoms with Crippen molar-refractivity contribution in [1.29, 1.82) is 0 Å². The van der Waals surface area contributed by atoms with Crippen molar-refractivity contribution in [2.75, 3.05) is 12.0 Å². The van der Waals surface area contributed by atoms with Crippen LogP contribution in [0.25, 0.3) is 6.08 Å². The molecule has 0 N–H and O–H groups in total. The fourth-order valence-electron chi connectivity index (χ4n) is 6.92. The Morgan fingerprint density at radius 1 is 0.850 bits per heavy atom. The number of fused-ring (bicyclic) bond motifs is 5. The van der Waals surface area contributed by atoms with Crippen LogP contribution in [0, 0.1) is 5.41 Å². The van der Waals surface area contributed by atoms with Crippen molar-refractivity contribution in [2.24, 2.45) is 5.41 Å². The van der Waals surface area contributed by atoms with Gasteiger partial charge in [0.25, 0.3) is 0 Å². The first-order valence-electron chi connectivity index (χ1n) is 13.1. The van der Waals surface area contributed by atoms with Crippen LogP contribution in [0.1, 0.15) is 48.1 Å². The zero-order valence-electron chi connectivity index (χ0n) is 21.6. The molecule has 40 heavy (non-hydrogen) atoms. The average molecular weight is 546 g/mol. The van der Waals surface area contributed by atoms with Gasteiger partial charge in [0, 0.05) is 33.3 Å². The van der Waals surface area contributed by atoms with Gasteiger partial charge in [0.05, 0.1) is 13.2 Å². The molecule has 1 fully saturated rings. The summed E-state index contributed by atoms with van der Waals surface area (Å²) in [5.41, 5.74) is 2.11. The van der Waals surface area contributed by atoms with Gasteiger partial charge >= 0.3 is 0 Å². The normalized spacial score (nSPS) is 21.8. The summed E-state index contributed by atoms with van der Waals surface area (Å²) in [5.74, 6) is -0.874. The number of methoxy groups -OCH3 is 1. The van der Waals surface area contributed by atoms with Gasteiger partial charge in [0.15, 0.2) is 17.3 Å². The second-order valence-electron chi connectivity index (χ2n) is 10.4. The Bertz CT molecular complexity index is 1710. The summed E-state index contributed by atoms with van der Waals surface area (Å²) in [6.45, 7) is 0. The fraction of sp³-hybridized carbons (Fsp3) is 0.147. The summed E-state index contributed by atoms with van der Waals surface area (Å²) in [6, 6.07) is 27.4. The van der Waals surface area contributed by atoms with E-state index in [0.29, 0.717) is 33.0 Å². The highest BCUT2D eigenvalue weighted by atomic mass is 35.5. The third-order valence-corrected chi connectivity index (χ3v) is 8.80. The van der Waals surface area contributed by atoms with E-state index < -0.39 is 23.4 Å². The third-order valence-electron chi connectivity index (χ3n) is 8.56. The van der Waals surface area contributed by atoms with Gasteiger partial charge in [0.1, 0.15) is 17.2 Å². The molecule has 0 radical (unpaired) electrons. The lowest BCUT2D eigenvalue weighted by atomic mass is 9.64. The van der Waals surface area contributed by atoms with Crippen molar-refractivity contribution in [3.05, 3.63) is 136 Å². The number of carbonyl (C=O) groups excluding carboxylic acids is 3. The van der Waals surface area contributed by atoms with Crippen LogP contribution in [0.15, 0.2) is 103 Å². The Balaban J connectivity index is 1.53. The van der Waals surface area contributed by atoms with Crippen molar-refractivity contribution in [1.82, 2.24) is 0 Å². The smallest absolute Gasteiger partial charge is 0.185 e. The van der Waals surface area contributed by atoms with E-state index in [0.717, 1.165) is 11.3 Å². The van der Waals surface area contributed by atoms with Gasteiger partial charge in [-0.25, -0.2) is 0 Å². The number of ether oxygens (including phenoxy) is 1. The molecule has 4 aromatic rings. The minimum Gasteiger partial charge on any atom is -0.497 e. The molecule has 5 nitrogen and oxygen atoms in total. The van der Waals surface area contributed by atoms with Crippen molar-refractivity contribution < 1.29 is 19.1 Å². The molecule has 6 heteroatoms. The lowest BCUT2D eigenvalue weighted by Crippen LogP contribution is -2.48. The molecule has 1 spiro atoms. The highest BCUT2D eigenvalue weighted by Gasteiger charge is 2.71. The molecule has 0 bridgehead atoms. The largest absolute Gasteiger partial charge is 0.497 e. The maximum Gasteiger partial charge on any atom is 0.185 e. The van der Waals surface area contributed by atoms with Crippen molar-refractivity contribution >= 4 is 40.7 Å². The summed E-state index contributed by atoms with van der Waals surface area (Å²) in [5, 5.41) is 0.472. The number of Topliss-reactive ketones (excluding diaryl/α,β-unsaturated/α-hetero) is 3. The van der Waals surface area contributed by atoms with Crippen molar-refractivity contribution in [2.45, 2.75) is 18.0 Å². The molecule has 196 valence electrons. The van der Waals surface area contributed by atoms with Gasteiger partial charge in [-0.1, -0.05) is 78.4 Å². The molecule has 4 aromatic carbocycles. The average Bonchev–Trinajstić information content (AvgIpc) is 3.43. The first-order chi connectivity index (χ1) is 19.5. The maximum absolute atomic E-state index is 14.6. The summed E-state index contributed by atoms with van der Waals surface area (Å²) in [4.78, 5) is 45.9. The summed E-state index contributed by atoms with van der Waals surface area (Å²) >= 11 is 6.50. The van der Waals surface area contributed by atoms with Crippen LogP contribution < -0.4 is 9.64 Å². The van der Waals surface area contributed by atoms with E-state index in [-0.39, 0.29) is 17.3 Å². The quantitative estimate of drug-likeness (QED) is 0.212. The molecule has 3 aliphatic rings. The van der Waals surface area contributed by atoms with Crippen LogP contribution >= 0.6 is 11.6 Å². The standard InChI is InChI=1S/C34H24ClNO4/c1-40-24-16-13-21(14-17-24)31(37)30-29(22-8-6-9-23(35)19-22)34(32(38)25-10-3-4-11-26(25)33(34)39)28-18-15-20-7-2-5-12-27(20)36(28)30/h2-19,28-30H,1H3/t28-,29-,30+/m0/s1. The highest BCUT2D eigenvalue weighted by Crippen LogP contribution is 2.61. The monoisotopic (exact) mass is 545 g/mol. The Labute approximate surface area is 236 Å². The molecule has 3 atom stereocenters.